The van der Waals surface area contributed by atoms with Gasteiger partial charge in [-0.2, -0.15) is 0 Å². The number of nitrogens with two attached hydrogens (primary N) is 1. The highest BCUT2D eigenvalue weighted by molar-refractivity contribution is 7.89. The van der Waals surface area contributed by atoms with E-state index in [1.807, 2.05) is 34.6 Å². The maximum atomic E-state index is 11.9. The summed E-state index contributed by atoms with van der Waals surface area (Å²) in [4.78, 5) is 32.6. The molecule has 164 valence electrons. The summed E-state index contributed by atoms with van der Waals surface area (Å²) < 4.78 is 25.9. The Morgan fingerprint density at radius 2 is 1.59 bits per heavy atom. The summed E-state index contributed by atoms with van der Waals surface area (Å²) in [6.07, 6.45) is 0.577. The first kappa shape index (κ1) is 26.5. The van der Waals surface area contributed by atoms with Gasteiger partial charge in [0.1, 0.15) is 0 Å². The molecule has 0 aliphatic heterocycles. The molecule has 0 aliphatic carbocycles. The summed E-state index contributed by atoms with van der Waals surface area (Å²) in [5, 5.41) is 5.21. The third-order valence-corrected chi connectivity index (χ3v) is 4.70. The summed E-state index contributed by atoms with van der Waals surface area (Å²) in [6, 6.07) is 6.26. The monoisotopic (exact) mass is 428 g/mol. The normalized spacial score (nSPS) is 11.1. The maximum Gasteiger partial charge on any atom is 0.241 e. The van der Waals surface area contributed by atoms with Crippen LogP contribution in [0, 0.1) is 6.92 Å². The second-order valence-electron chi connectivity index (χ2n) is 7.36. The average Bonchev–Trinajstić information content (AvgIpc) is 2.59. The molecular formula is C19H32N4O5S. The molecule has 5 N–H and O–H groups in total. The molecule has 0 heterocycles. The van der Waals surface area contributed by atoms with E-state index in [1.54, 1.807) is 12.1 Å². The highest BCUT2D eigenvalue weighted by atomic mass is 32.2. The molecule has 0 atom stereocenters. The SMILES string of the molecule is CCC(=O)NC(C)(C)C.Cc1ccc(S(=O)(=O)NCC(=O)NCCC(N)=O)cc1. The van der Waals surface area contributed by atoms with Gasteiger partial charge in [-0.3, -0.25) is 14.4 Å². The van der Waals surface area contributed by atoms with Crippen LogP contribution in [0.25, 0.3) is 0 Å². The topological polar surface area (TPSA) is 147 Å². The highest BCUT2D eigenvalue weighted by Gasteiger charge is 2.15. The van der Waals surface area contributed by atoms with Gasteiger partial charge in [0, 0.05) is 24.9 Å². The lowest BCUT2D eigenvalue weighted by Gasteiger charge is -2.19. The zero-order chi connectivity index (χ0) is 22.7. The third-order valence-electron chi connectivity index (χ3n) is 3.28. The van der Waals surface area contributed by atoms with E-state index in [-0.39, 0.29) is 29.3 Å². The van der Waals surface area contributed by atoms with Gasteiger partial charge >= 0.3 is 0 Å². The molecule has 0 aliphatic rings. The molecule has 0 saturated carbocycles. The van der Waals surface area contributed by atoms with Crippen LogP contribution < -0.4 is 21.1 Å². The number of nitrogens with one attached hydrogen (secondary N) is 3. The van der Waals surface area contributed by atoms with Crippen molar-refractivity contribution >= 4 is 27.7 Å². The van der Waals surface area contributed by atoms with Gasteiger partial charge in [-0.15, -0.1) is 0 Å². The van der Waals surface area contributed by atoms with Crippen LogP contribution >= 0.6 is 0 Å². The first-order valence-corrected chi connectivity index (χ1v) is 10.7. The predicted octanol–water partition coefficient (Wildman–Crippen LogP) is 0.576. The molecule has 9 nitrogen and oxygen atoms in total. The van der Waals surface area contributed by atoms with Crippen LogP contribution in [-0.4, -0.2) is 44.8 Å². The Kier molecular flexibility index (Phi) is 11.1. The number of sulfonamides is 1. The Balaban J connectivity index is 0.000000734. The third kappa shape index (κ3) is 13.4. The van der Waals surface area contributed by atoms with Gasteiger partial charge < -0.3 is 16.4 Å². The molecule has 1 aromatic rings. The molecule has 0 radical (unpaired) electrons. The summed E-state index contributed by atoms with van der Waals surface area (Å²) in [7, 11) is -3.72. The standard InChI is InChI=1S/C12H17N3O4S.C7H15NO/c1-9-2-4-10(5-3-9)20(18,19)15-8-12(17)14-7-6-11(13)16;1-5-6(9)8-7(2,3)4/h2-5,15H,6-8H2,1H3,(H2,13,16)(H,14,17);5H2,1-4H3,(H,8,9). The van der Waals surface area contributed by atoms with E-state index in [0.717, 1.165) is 5.56 Å². The Morgan fingerprint density at radius 3 is 2.00 bits per heavy atom. The summed E-state index contributed by atoms with van der Waals surface area (Å²) in [5.74, 6) is -0.949. The van der Waals surface area contributed by atoms with E-state index in [1.165, 1.54) is 12.1 Å². The van der Waals surface area contributed by atoms with Crippen LogP contribution in [0.4, 0.5) is 0 Å². The Labute approximate surface area is 172 Å². The lowest BCUT2D eigenvalue weighted by molar-refractivity contribution is -0.122. The van der Waals surface area contributed by atoms with Gasteiger partial charge in [0.05, 0.1) is 11.4 Å². The number of aryl methyl sites for hydroxylation is 1. The summed E-state index contributed by atoms with van der Waals surface area (Å²) in [6.45, 7) is 9.30. The first-order chi connectivity index (χ1) is 13.3. The molecule has 0 bridgehead atoms. The van der Waals surface area contributed by atoms with Crippen LogP contribution in [0.2, 0.25) is 0 Å². The molecule has 0 saturated heterocycles. The van der Waals surface area contributed by atoms with Crippen LogP contribution in [0.15, 0.2) is 29.2 Å². The zero-order valence-corrected chi connectivity index (χ0v) is 18.5. The van der Waals surface area contributed by atoms with Crippen molar-refractivity contribution < 1.29 is 22.8 Å². The Hall–Kier alpha value is -2.46. The number of carbonyl (C=O) groups excluding carboxylic acids is 3. The van der Waals surface area contributed by atoms with Crippen LogP contribution in [0.5, 0.6) is 0 Å². The van der Waals surface area contributed by atoms with Gasteiger partial charge in [-0.1, -0.05) is 24.6 Å². The van der Waals surface area contributed by atoms with Crippen molar-refractivity contribution in [1.82, 2.24) is 15.4 Å². The van der Waals surface area contributed by atoms with Crippen LogP contribution in [0.3, 0.4) is 0 Å². The minimum Gasteiger partial charge on any atom is -0.370 e. The highest BCUT2D eigenvalue weighted by Crippen LogP contribution is 2.09. The number of rotatable bonds is 8. The van der Waals surface area contributed by atoms with Crippen LogP contribution in [-0.2, 0) is 24.4 Å². The van der Waals surface area contributed by atoms with E-state index in [2.05, 4.69) is 15.4 Å². The number of amides is 3. The number of hydrogen-bond acceptors (Lipinski definition) is 5. The number of hydrogen-bond donors (Lipinski definition) is 4. The van der Waals surface area contributed by atoms with Crippen molar-refractivity contribution in [3.05, 3.63) is 29.8 Å². The summed E-state index contributed by atoms with van der Waals surface area (Å²) >= 11 is 0. The lowest BCUT2D eigenvalue weighted by atomic mass is 10.1. The van der Waals surface area contributed by atoms with Crippen molar-refractivity contribution in [3.63, 3.8) is 0 Å². The van der Waals surface area contributed by atoms with Crippen molar-refractivity contribution in [1.29, 1.82) is 0 Å². The molecule has 0 spiro atoms. The fraction of sp³-hybridized carbons (Fsp3) is 0.526. The van der Waals surface area contributed by atoms with Gasteiger partial charge in [0.15, 0.2) is 0 Å². The Morgan fingerprint density at radius 1 is 1.03 bits per heavy atom. The quantitative estimate of drug-likeness (QED) is 0.478. The number of primary amides is 1. The minimum atomic E-state index is -3.72. The summed E-state index contributed by atoms with van der Waals surface area (Å²) in [5.41, 5.74) is 5.77. The van der Waals surface area contributed by atoms with E-state index >= 15 is 0 Å². The molecule has 1 rings (SSSR count). The van der Waals surface area contributed by atoms with Gasteiger partial charge in [-0.25, -0.2) is 13.1 Å². The zero-order valence-electron chi connectivity index (χ0n) is 17.7. The van der Waals surface area contributed by atoms with Crippen molar-refractivity contribution in [2.45, 2.75) is 57.9 Å². The van der Waals surface area contributed by atoms with E-state index in [4.69, 9.17) is 5.73 Å². The van der Waals surface area contributed by atoms with Crippen molar-refractivity contribution in [2.75, 3.05) is 13.1 Å². The second kappa shape index (κ2) is 12.2. The van der Waals surface area contributed by atoms with Crippen molar-refractivity contribution in [2.24, 2.45) is 5.73 Å². The molecule has 3 amide bonds. The van der Waals surface area contributed by atoms with Gasteiger partial charge in [-0.05, 0) is 39.8 Å². The molecule has 10 heteroatoms. The van der Waals surface area contributed by atoms with Gasteiger partial charge in [0.25, 0.3) is 0 Å². The van der Waals surface area contributed by atoms with Crippen LogP contribution in [0.1, 0.15) is 46.1 Å². The second-order valence-corrected chi connectivity index (χ2v) is 9.12. The van der Waals surface area contributed by atoms with Crippen molar-refractivity contribution in [3.8, 4) is 0 Å². The van der Waals surface area contributed by atoms with E-state index in [0.29, 0.717) is 6.42 Å². The smallest absolute Gasteiger partial charge is 0.241 e. The molecule has 1 aromatic carbocycles. The molecule has 0 aromatic heterocycles. The van der Waals surface area contributed by atoms with Gasteiger partial charge in [0.2, 0.25) is 27.7 Å². The molecule has 29 heavy (non-hydrogen) atoms. The average molecular weight is 429 g/mol. The molecule has 0 fully saturated rings. The number of carbonyl (C=O) groups is 3. The lowest BCUT2D eigenvalue weighted by Crippen LogP contribution is -2.40. The fourth-order valence-corrected chi connectivity index (χ4v) is 2.84. The molecule has 0 unspecified atom stereocenters. The van der Waals surface area contributed by atoms with E-state index < -0.39 is 28.4 Å². The minimum absolute atomic E-state index is 0.0104. The Bertz CT molecular complexity index is 784. The first-order valence-electron chi connectivity index (χ1n) is 9.19. The van der Waals surface area contributed by atoms with E-state index in [9.17, 15) is 22.8 Å². The maximum absolute atomic E-state index is 11.9. The predicted molar refractivity (Wildman–Crippen MR) is 111 cm³/mol. The fourth-order valence-electron chi connectivity index (χ4n) is 1.86. The molecular weight excluding hydrogens is 396 g/mol. The number of benzene rings is 1. The largest absolute Gasteiger partial charge is 0.370 e.